The lowest BCUT2D eigenvalue weighted by atomic mass is 10.2. The normalized spacial score (nSPS) is 16.1. The Morgan fingerprint density at radius 1 is 2.00 bits per heavy atom. The highest BCUT2D eigenvalue weighted by atomic mass is 32.1. The number of carbonyl (C=O) groups is 1. The van der Waals surface area contributed by atoms with Crippen LogP contribution in [-0.2, 0) is 4.79 Å². The van der Waals surface area contributed by atoms with Crippen LogP contribution in [0.3, 0.4) is 0 Å². The molecule has 0 rings (SSSR count). The fourth-order valence-corrected chi connectivity index (χ4v) is 0.0478. The number of carboxylic acids is 1. The monoisotopic (exact) mass is 131 g/mol. The topological polar surface area (TPSA) is 61.1 Å². The minimum absolute atomic E-state index is 1.22. The first-order valence-electron chi connectivity index (χ1n) is 1.87. The van der Waals surface area contributed by atoms with E-state index in [9.17, 15) is 4.79 Å². The van der Waals surface area contributed by atoms with Crippen molar-refractivity contribution in [3.63, 3.8) is 0 Å². The molecule has 3 nitrogen and oxygen atoms in total. The summed E-state index contributed by atoms with van der Waals surface area (Å²) < 4.78 is -1.54. The van der Waals surface area contributed by atoms with E-state index in [0.29, 0.717) is 0 Å². The number of nitrogens with zero attached hydrogens (tertiary/aromatic N) is 1. The molecule has 0 radical (unpaired) electrons. The first-order valence-corrected chi connectivity index (χ1v) is 2.32. The average molecular weight is 131 g/mol. The van der Waals surface area contributed by atoms with Gasteiger partial charge >= 0.3 is 5.97 Å². The molecule has 0 amide bonds. The van der Waals surface area contributed by atoms with Crippen molar-refractivity contribution in [1.82, 2.24) is 0 Å². The van der Waals surface area contributed by atoms with E-state index < -0.39 is 10.7 Å². The van der Waals surface area contributed by atoms with Gasteiger partial charge in [-0.15, -0.1) is 12.6 Å². The quantitative estimate of drug-likeness (QED) is 0.502. The van der Waals surface area contributed by atoms with Crippen LogP contribution in [0.5, 0.6) is 0 Å². The third-order valence-electron chi connectivity index (χ3n) is 0.634. The van der Waals surface area contributed by atoms with E-state index in [0.717, 1.165) is 0 Å². The van der Waals surface area contributed by atoms with E-state index in [-0.39, 0.29) is 0 Å². The molecule has 44 valence electrons. The number of rotatable bonds is 1. The lowest BCUT2D eigenvalue weighted by Crippen LogP contribution is -2.25. The molecular formula is C4H5NO2S. The summed E-state index contributed by atoms with van der Waals surface area (Å²) in [5, 5.41) is 16.2. The first-order chi connectivity index (χ1) is 3.50. The molecule has 0 heterocycles. The van der Waals surface area contributed by atoms with E-state index in [1.54, 1.807) is 0 Å². The molecule has 0 aliphatic heterocycles. The third-order valence-corrected chi connectivity index (χ3v) is 0.925. The molecule has 0 aromatic carbocycles. The van der Waals surface area contributed by atoms with Crippen molar-refractivity contribution in [3.05, 3.63) is 0 Å². The summed E-state index contributed by atoms with van der Waals surface area (Å²) in [6.07, 6.45) is 0. The number of nitriles is 1. The third kappa shape index (κ3) is 1.43. The first kappa shape index (κ1) is 7.31. The maximum Gasteiger partial charge on any atom is 0.333 e. The Morgan fingerprint density at radius 2 is 2.38 bits per heavy atom. The standard InChI is InChI=1S/C4H5NO2S/c1-4(8,2-5)3(6)7/h8H,1H3,(H,6,7). The van der Waals surface area contributed by atoms with Gasteiger partial charge in [-0.1, -0.05) is 0 Å². The summed E-state index contributed by atoms with van der Waals surface area (Å²) in [5.74, 6) is -1.22. The van der Waals surface area contributed by atoms with Crippen LogP contribution in [0, 0.1) is 11.3 Å². The highest BCUT2D eigenvalue weighted by molar-refractivity contribution is 7.83. The van der Waals surface area contributed by atoms with Crippen LogP contribution in [0.4, 0.5) is 0 Å². The van der Waals surface area contributed by atoms with E-state index in [2.05, 4.69) is 12.6 Å². The number of hydrogen-bond donors (Lipinski definition) is 2. The van der Waals surface area contributed by atoms with Gasteiger partial charge in [0.05, 0.1) is 6.07 Å². The van der Waals surface area contributed by atoms with Crippen LogP contribution in [-0.4, -0.2) is 15.8 Å². The van der Waals surface area contributed by atoms with Crippen molar-refractivity contribution in [2.75, 3.05) is 0 Å². The molecule has 1 atom stereocenters. The molecular weight excluding hydrogens is 126 g/mol. The van der Waals surface area contributed by atoms with Crippen LogP contribution in [0.2, 0.25) is 0 Å². The van der Waals surface area contributed by atoms with E-state index in [1.807, 2.05) is 0 Å². The van der Waals surface area contributed by atoms with Gasteiger partial charge in [0.1, 0.15) is 0 Å². The second-order valence-electron chi connectivity index (χ2n) is 1.49. The van der Waals surface area contributed by atoms with Crippen molar-refractivity contribution >= 4 is 18.6 Å². The number of hydrogen-bond acceptors (Lipinski definition) is 3. The number of aliphatic carboxylic acids is 1. The van der Waals surface area contributed by atoms with Gasteiger partial charge in [-0.2, -0.15) is 5.26 Å². The van der Waals surface area contributed by atoms with E-state index >= 15 is 0 Å². The fourth-order valence-electron chi connectivity index (χ4n) is 0.0478. The zero-order valence-electron chi connectivity index (χ0n) is 4.25. The highest BCUT2D eigenvalue weighted by Gasteiger charge is 2.27. The van der Waals surface area contributed by atoms with Gasteiger partial charge in [-0.05, 0) is 6.92 Å². The number of thiol groups is 1. The minimum Gasteiger partial charge on any atom is -0.479 e. The summed E-state index contributed by atoms with van der Waals surface area (Å²) in [7, 11) is 0. The van der Waals surface area contributed by atoms with Gasteiger partial charge in [-0.3, -0.25) is 0 Å². The van der Waals surface area contributed by atoms with Gasteiger partial charge in [0.15, 0.2) is 4.75 Å². The Balaban J connectivity index is 4.19. The molecule has 4 heteroatoms. The zero-order chi connectivity index (χ0) is 6.78. The second kappa shape index (κ2) is 2.05. The van der Waals surface area contributed by atoms with Crippen molar-refractivity contribution in [1.29, 1.82) is 5.26 Å². The molecule has 1 N–H and O–H groups in total. The minimum atomic E-state index is -1.54. The Labute approximate surface area is 52.3 Å². The van der Waals surface area contributed by atoms with Gasteiger partial charge in [-0.25, -0.2) is 4.79 Å². The van der Waals surface area contributed by atoms with Gasteiger partial charge in [0, 0.05) is 0 Å². The van der Waals surface area contributed by atoms with Gasteiger partial charge in [0.25, 0.3) is 0 Å². The SMILES string of the molecule is CC(S)(C#N)C(=O)O. The van der Waals surface area contributed by atoms with Gasteiger partial charge in [0.2, 0.25) is 0 Å². The Hall–Kier alpha value is -0.690. The van der Waals surface area contributed by atoms with Crippen molar-refractivity contribution in [3.8, 4) is 6.07 Å². The van der Waals surface area contributed by atoms with Crippen LogP contribution in [0.25, 0.3) is 0 Å². The lowest BCUT2D eigenvalue weighted by molar-refractivity contribution is -0.137. The molecule has 1 unspecified atom stereocenters. The van der Waals surface area contributed by atoms with E-state index in [4.69, 9.17) is 10.4 Å². The van der Waals surface area contributed by atoms with Crippen LogP contribution >= 0.6 is 12.6 Å². The molecule has 0 saturated carbocycles. The summed E-state index contributed by atoms with van der Waals surface area (Å²) in [6, 6.07) is 1.51. The summed E-state index contributed by atoms with van der Waals surface area (Å²) in [6.45, 7) is 1.22. The molecule has 0 aliphatic rings. The van der Waals surface area contributed by atoms with Gasteiger partial charge < -0.3 is 5.11 Å². The van der Waals surface area contributed by atoms with Crippen LogP contribution < -0.4 is 0 Å². The number of carboxylic acid groups (broad SMARTS) is 1. The predicted octanol–water partition coefficient (Wildman–Crippen LogP) is 0.283. The zero-order valence-corrected chi connectivity index (χ0v) is 5.14. The summed E-state index contributed by atoms with van der Waals surface area (Å²) in [5.41, 5.74) is 0. The lowest BCUT2D eigenvalue weighted by Gasteiger charge is -2.04. The Bertz CT molecular complexity index is 147. The smallest absolute Gasteiger partial charge is 0.333 e. The van der Waals surface area contributed by atoms with E-state index in [1.165, 1.54) is 13.0 Å². The Morgan fingerprint density at radius 3 is 2.38 bits per heavy atom. The van der Waals surface area contributed by atoms with Crippen molar-refractivity contribution in [2.45, 2.75) is 11.7 Å². The van der Waals surface area contributed by atoms with Crippen LogP contribution in [0.1, 0.15) is 6.92 Å². The summed E-state index contributed by atoms with van der Waals surface area (Å²) in [4.78, 5) is 9.95. The maximum atomic E-state index is 9.95. The highest BCUT2D eigenvalue weighted by Crippen LogP contribution is 2.10. The second-order valence-corrected chi connectivity index (χ2v) is 2.38. The molecule has 0 aromatic rings. The molecule has 0 fully saturated rings. The predicted molar refractivity (Wildman–Crippen MR) is 30.6 cm³/mol. The van der Waals surface area contributed by atoms with Crippen molar-refractivity contribution < 1.29 is 9.90 Å². The molecule has 0 aromatic heterocycles. The van der Waals surface area contributed by atoms with Crippen LogP contribution in [0.15, 0.2) is 0 Å². The molecule has 0 spiro atoms. The molecule has 8 heavy (non-hydrogen) atoms. The fraction of sp³-hybridized carbons (Fsp3) is 0.500. The average Bonchev–Trinajstić information content (AvgIpc) is 1.67. The largest absolute Gasteiger partial charge is 0.479 e. The molecule has 0 bridgehead atoms. The molecule has 0 saturated heterocycles. The molecule has 0 aliphatic carbocycles. The summed E-state index contributed by atoms with van der Waals surface area (Å²) >= 11 is 3.52. The van der Waals surface area contributed by atoms with Crippen molar-refractivity contribution in [2.24, 2.45) is 0 Å². The maximum absolute atomic E-state index is 9.95. The Kier molecular flexibility index (Phi) is 1.88.